The van der Waals surface area contributed by atoms with Crippen LogP contribution in [0.2, 0.25) is 0 Å². The number of aliphatic hydroxyl groups excluding tert-OH is 1. The normalized spacial score (nSPS) is 11.5. The fourth-order valence-electron chi connectivity index (χ4n) is 2.57. The zero-order valence-electron chi connectivity index (χ0n) is 11.4. The molecule has 104 valence electrons. The van der Waals surface area contributed by atoms with Gasteiger partial charge in [0.1, 0.15) is 16.9 Å². The summed E-state index contributed by atoms with van der Waals surface area (Å²) in [6, 6.07) is 7.79. The second-order valence-corrected chi connectivity index (χ2v) is 4.81. The van der Waals surface area contributed by atoms with Crippen LogP contribution in [0.5, 0.6) is 0 Å². The van der Waals surface area contributed by atoms with Gasteiger partial charge in [0.15, 0.2) is 0 Å². The number of aromatic amines is 1. The van der Waals surface area contributed by atoms with E-state index in [0.717, 1.165) is 22.2 Å². The maximum absolute atomic E-state index is 12.6. The van der Waals surface area contributed by atoms with Crippen molar-refractivity contribution in [2.24, 2.45) is 0 Å². The first-order valence-electron chi connectivity index (χ1n) is 6.87. The highest BCUT2D eigenvalue weighted by atomic mass is 16.3. The van der Waals surface area contributed by atoms with Crippen molar-refractivity contribution in [1.29, 1.82) is 0 Å². The smallest absolute Gasteiger partial charge is 0.277 e. The van der Waals surface area contributed by atoms with Crippen LogP contribution in [-0.4, -0.2) is 26.2 Å². The molecule has 0 aliphatic carbocycles. The van der Waals surface area contributed by atoms with Crippen LogP contribution in [0.15, 0.2) is 29.1 Å². The largest absolute Gasteiger partial charge is 0.396 e. The van der Waals surface area contributed by atoms with Gasteiger partial charge in [0, 0.05) is 30.5 Å². The topological polar surface area (TPSA) is 70.9 Å². The highest BCUT2D eigenvalue weighted by Gasteiger charge is 2.13. The monoisotopic (exact) mass is 271 g/mol. The lowest BCUT2D eigenvalue weighted by Gasteiger charge is -2.10. The zero-order valence-corrected chi connectivity index (χ0v) is 11.4. The van der Waals surface area contributed by atoms with Crippen molar-refractivity contribution in [3.8, 4) is 0 Å². The number of hydrogen-bond acceptors (Lipinski definition) is 3. The minimum absolute atomic E-state index is 0.0588. The Bertz CT molecular complexity index is 817. The van der Waals surface area contributed by atoms with E-state index in [2.05, 4.69) is 9.97 Å². The SMILES string of the molecule is CCc1nc2c([nH]c3ccccc32)c(=O)n1CCCO. The highest BCUT2D eigenvalue weighted by Crippen LogP contribution is 2.21. The van der Waals surface area contributed by atoms with E-state index in [4.69, 9.17) is 5.11 Å². The summed E-state index contributed by atoms with van der Waals surface area (Å²) in [5, 5.41) is 9.94. The molecule has 1 aromatic carbocycles. The number of nitrogens with one attached hydrogen (secondary N) is 1. The number of H-pyrrole nitrogens is 1. The third kappa shape index (κ3) is 1.91. The Labute approximate surface area is 115 Å². The summed E-state index contributed by atoms with van der Waals surface area (Å²) >= 11 is 0. The highest BCUT2D eigenvalue weighted by molar-refractivity contribution is 6.04. The molecule has 0 radical (unpaired) electrons. The van der Waals surface area contributed by atoms with Crippen LogP contribution in [0.4, 0.5) is 0 Å². The minimum Gasteiger partial charge on any atom is -0.396 e. The van der Waals surface area contributed by atoms with E-state index in [9.17, 15) is 4.79 Å². The third-order valence-electron chi connectivity index (χ3n) is 3.55. The fraction of sp³-hybridized carbons (Fsp3) is 0.333. The van der Waals surface area contributed by atoms with Gasteiger partial charge in [-0.2, -0.15) is 0 Å². The van der Waals surface area contributed by atoms with Crippen molar-refractivity contribution < 1.29 is 5.11 Å². The predicted octanol–water partition coefficient (Wildman–Crippen LogP) is 1.82. The van der Waals surface area contributed by atoms with Crippen molar-refractivity contribution in [3.63, 3.8) is 0 Å². The number of fused-ring (bicyclic) bond motifs is 3. The molecule has 5 nitrogen and oxygen atoms in total. The number of aliphatic hydroxyl groups is 1. The molecular formula is C15H17N3O2. The second kappa shape index (κ2) is 5.09. The molecule has 0 fully saturated rings. The average molecular weight is 271 g/mol. The lowest BCUT2D eigenvalue weighted by Crippen LogP contribution is -2.25. The quantitative estimate of drug-likeness (QED) is 0.760. The van der Waals surface area contributed by atoms with Crippen LogP contribution in [0.25, 0.3) is 21.9 Å². The molecule has 0 spiro atoms. The van der Waals surface area contributed by atoms with Gasteiger partial charge in [0.05, 0.1) is 0 Å². The molecule has 3 rings (SSSR count). The molecule has 20 heavy (non-hydrogen) atoms. The second-order valence-electron chi connectivity index (χ2n) is 4.81. The van der Waals surface area contributed by atoms with E-state index in [-0.39, 0.29) is 12.2 Å². The first-order valence-corrected chi connectivity index (χ1v) is 6.87. The van der Waals surface area contributed by atoms with Crippen molar-refractivity contribution in [1.82, 2.24) is 14.5 Å². The van der Waals surface area contributed by atoms with Crippen molar-refractivity contribution in [2.75, 3.05) is 6.61 Å². The summed E-state index contributed by atoms with van der Waals surface area (Å²) in [6.07, 6.45) is 1.25. The standard InChI is InChI=1S/C15H17N3O2/c1-2-12-17-13-10-6-3-4-7-11(10)16-14(13)15(20)18(12)8-5-9-19/h3-4,6-7,16,19H,2,5,8-9H2,1H3. The maximum Gasteiger partial charge on any atom is 0.277 e. The Balaban J connectivity index is 2.33. The summed E-state index contributed by atoms with van der Waals surface area (Å²) in [5.41, 5.74) is 2.15. The van der Waals surface area contributed by atoms with Crippen LogP contribution in [0.3, 0.4) is 0 Å². The molecule has 0 amide bonds. The van der Waals surface area contributed by atoms with Gasteiger partial charge in [-0.15, -0.1) is 0 Å². The maximum atomic E-state index is 12.6. The molecular weight excluding hydrogens is 254 g/mol. The average Bonchev–Trinajstić information content (AvgIpc) is 2.85. The number of para-hydroxylation sites is 1. The number of aryl methyl sites for hydroxylation is 1. The lowest BCUT2D eigenvalue weighted by molar-refractivity contribution is 0.278. The summed E-state index contributed by atoms with van der Waals surface area (Å²) in [5.74, 6) is 0.765. The number of hydrogen-bond donors (Lipinski definition) is 2. The molecule has 2 aromatic heterocycles. The van der Waals surface area contributed by atoms with Crippen LogP contribution < -0.4 is 5.56 Å². The summed E-state index contributed by atoms with van der Waals surface area (Å²) < 4.78 is 1.66. The number of rotatable bonds is 4. The lowest BCUT2D eigenvalue weighted by atomic mass is 10.2. The molecule has 2 heterocycles. The van der Waals surface area contributed by atoms with E-state index < -0.39 is 0 Å². The van der Waals surface area contributed by atoms with Crippen LogP contribution in [0, 0.1) is 0 Å². The minimum atomic E-state index is -0.0588. The van der Waals surface area contributed by atoms with Crippen molar-refractivity contribution in [2.45, 2.75) is 26.3 Å². The van der Waals surface area contributed by atoms with Gasteiger partial charge in [0.2, 0.25) is 0 Å². The van der Waals surface area contributed by atoms with Crippen molar-refractivity contribution in [3.05, 3.63) is 40.4 Å². The van der Waals surface area contributed by atoms with Crippen LogP contribution in [-0.2, 0) is 13.0 Å². The molecule has 2 N–H and O–H groups in total. The van der Waals surface area contributed by atoms with Gasteiger partial charge in [-0.25, -0.2) is 4.98 Å². The fourth-order valence-corrected chi connectivity index (χ4v) is 2.57. The van der Waals surface area contributed by atoms with Gasteiger partial charge >= 0.3 is 0 Å². The first kappa shape index (κ1) is 12.9. The van der Waals surface area contributed by atoms with Gasteiger partial charge in [-0.3, -0.25) is 9.36 Å². The number of benzene rings is 1. The molecule has 0 saturated carbocycles. The van der Waals surface area contributed by atoms with E-state index >= 15 is 0 Å². The van der Waals surface area contributed by atoms with Crippen LogP contribution in [0.1, 0.15) is 19.2 Å². The molecule has 3 aromatic rings. The van der Waals surface area contributed by atoms with Gasteiger partial charge in [0.25, 0.3) is 5.56 Å². The van der Waals surface area contributed by atoms with Gasteiger partial charge in [-0.1, -0.05) is 25.1 Å². The summed E-state index contributed by atoms with van der Waals surface area (Å²) in [6.45, 7) is 2.55. The summed E-state index contributed by atoms with van der Waals surface area (Å²) in [7, 11) is 0. The molecule has 0 saturated heterocycles. The first-order chi connectivity index (χ1) is 9.76. The summed E-state index contributed by atoms with van der Waals surface area (Å²) in [4.78, 5) is 20.4. The molecule has 0 aliphatic heterocycles. The predicted molar refractivity (Wildman–Crippen MR) is 78.9 cm³/mol. The van der Waals surface area contributed by atoms with E-state index in [1.54, 1.807) is 4.57 Å². The van der Waals surface area contributed by atoms with E-state index in [1.807, 2.05) is 31.2 Å². The molecule has 5 heteroatoms. The number of aromatic nitrogens is 3. The molecule has 0 unspecified atom stereocenters. The van der Waals surface area contributed by atoms with Gasteiger partial charge in [-0.05, 0) is 12.5 Å². The Morgan fingerprint density at radius 1 is 1.35 bits per heavy atom. The van der Waals surface area contributed by atoms with E-state index in [1.165, 1.54) is 0 Å². The Morgan fingerprint density at radius 3 is 2.90 bits per heavy atom. The molecule has 0 atom stereocenters. The van der Waals surface area contributed by atoms with Crippen LogP contribution >= 0.6 is 0 Å². The Hall–Kier alpha value is -2.14. The molecule has 0 aliphatic rings. The van der Waals surface area contributed by atoms with Crippen molar-refractivity contribution >= 4 is 21.9 Å². The molecule has 0 bridgehead atoms. The Morgan fingerprint density at radius 2 is 2.15 bits per heavy atom. The van der Waals surface area contributed by atoms with Gasteiger partial charge < -0.3 is 10.1 Å². The Kier molecular flexibility index (Phi) is 3.28. The zero-order chi connectivity index (χ0) is 14.1. The van der Waals surface area contributed by atoms with E-state index in [0.29, 0.717) is 24.9 Å². The third-order valence-corrected chi connectivity index (χ3v) is 3.55. The number of nitrogens with zero attached hydrogens (tertiary/aromatic N) is 2.